The molecular formula is C20H26N2O2. The molecule has 0 bridgehead atoms. The number of carbonyl (C=O) groups excluding carboxylic acids is 2. The van der Waals surface area contributed by atoms with Crippen molar-refractivity contribution in [2.24, 2.45) is 0 Å². The van der Waals surface area contributed by atoms with E-state index in [4.69, 9.17) is 0 Å². The zero-order chi connectivity index (χ0) is 18.2. The second kappa shape index (κ2) is 9.06. The number of carbonyl (C=O) groups is 2. The summed E-state index contributed by atoms with van der Waals surface area (Å²) < 4.78 is 0. The number of rotatable bonds is 4. The summed E-state index contributed by atoms with van der Waals surface area (Å²) >= 11 is 0. The zero-order valence-corrected chi connectivity index (χ0v) is 15.2. The van der Waals surface area contributed by atoms with Gasteiger partial charge in [-0.2, -0.15) is 0 Å². The van der Waals surface area contributed by atoms with Crippen LogP contribution in [0.2, 0.25) is 0 Å². The van der Waals surface area contributed by atoms with Gasteiger partial charge in [0.05, 0.1) is 0 Å². The van der Waals surface area contributed by atoms with Gasteiger partial charge >= 0.3 is 0 Å². The van der Waals surface area contributed by atoms with Crippen molar-refractivity contribution < 1.29 is 9.59 Å². The molecule has 4 heteroatoms. The van der Waals surface area contributed by atoms with Crippen LogP contribution >= 0.6 is 0 Å². The van der Waals surface area contributed by atoms with E-state index >= 15 is 0 Å². The quantitative estimate of drug-likeness (QED) is 0.768. The molecule has 0 amide bonds. The number of Topliss-reactive ketones (excluding diaryl/α,β-unsaturated/α-hetero) is 2. The topological polar surface area (TPSA) is 59.9 Å². The number of nitrogens with zero attached hydrogens (tertiary/aromatic N) is 2. The lowest BCUT2D eigenvalue weighted by Gasteiger charge is -2.17. The molecule has 0 unspecified atom stereocenters. The highest BCUT2D eigenvalue weighted by molar-refractivity contribution is 5.95. The van der Waals surface area contributed by atoms with Gasteiger partial charge in [0, 0.05) is 53.7 Å². The standard InChI is InChI=1S/C12H17NO.C8H9NO/c1-5-10(14)9-6-7-11(13-8-9)12(2,3)4;1-2-8(10)7-4-3-5-9-6-7/h6-8H,5H2,1-4H3;3-6H,2H2,1H3. The van der Waals surface area contributed by atoms with E-state index in [2.05, 4.69) is 30.7 Å². The summed E-state index contributed by atoms with van der Waals surface area (Å²) in [6.07, 6.45) is 6.01. The molecule has 0 aliphatic rings. The van der Waals surface area contributed by atoms with E-state index in [1.165, 1.54) is 0 Å². The van der Waals surface area contributed by atoms with Crippen LogP contribution in [0.3, 0.4) is 0 Å². The normalized spacial score (nSPS) is 10.5. The first-order valence-corrected chi connectivity index (χ1v) is 8.22. The van der Waals surface area contributed by atoms with Crippen molar-refractivity contribution in [1.29, 1.82) is 0 Å². The van der Waals surface area contributed by atoms with Crippen LogP contribution in [0, 0.1) is 0 Å². The molecular weight excluding hydrogens is 300 g/mol. The van der Waals surface area contributed by atoms with Crippen molar-refractivity contribution in [2.45, 2.75) is 52.9 Å². The van der Waals surface area contributed by atoms with E-state index in [9.17, 15) is 9.59 Å². The van der Waals surface area contributed by atoms with Gasteiger partial charge in [-0.1, -0.05) is 34.6 Å². The van der Waals surface area contributed by atoms with Crippen LogP contribution in [-0.4, -0.2) is 21.5 Å². The maximum atomic E-state index is 11.3. The van der Waals surface area contributed by atoms with Gasteiger partial charge in [-0.3, -0.25) is 19.6 Å². The number of ketones is 2. The molecule has 0 radical (unpaired) electrons. The zero-order valence-electron chi connectivity index (χ0n) is 15.2. The minimum Gasteiger partial charge on any atom is -0.294 e. The third-order valence-electron chi connectivity index (χ3n) is 3.48. The first-order valence-electron chi connectivity index (χ1n) is 8.22. The average Bonchev–Trinajstić information content (AvgIpc) is 2.61. The molecule has 0 fully saturated rings. The van der Waals surface area contributed by atoms with Crippen LogP contribution in [-0.2, 0) is 5.41 Å². The van der Waals surface area contributed by atoms with Gasteiger partial charge in [0.1, 0.15) is 0 Å². The summed E-state index contributed by atoms with van der Waals surface area (Å²) in [6.45, 7) is 10.0. The van der Waals surface area contributed by atoms with E-state index < -0.39 is 0 Å². The lowest BCUT2D eigenvalue weighted by molar-refractivity contribution is 0.0980. The first kappa shape index (κ1) is 19.7. The molecule has 0 spiro atoms. The van der Waals surface area contributed by atoms with Crippen molar-refractivity contribution in [3.05, 3.63) is 59.7 Å². The summed E-state index contributed by atoms with van der Waals surface area (Å²) in [5.74, 6) is 0.297. The highest BCUT2D eigenvalue weighted by Crippen LogP contribution is 2.19. The molecule has 0 saturated heterocycles. The lowest BCUT2D eigenvalue weighted by Crippen LogP contribution is -2.13. The summed E-state index contributed by atoms with van der Waals surface area (Å²) in [4.78, 5) is 30.4. The average molecular weight is 326 g/mol. The van der Waals surface area contributed by atoms with Crippen molar-refractivity contribution in [1.82, 2.24) is 9.97 Å². The van der Waals surface area contributed by atoms with Gasteiger partial charge in [0.2, 0.25) is 0 Å². The third kappa shape index (κ3) is 6.03. The maximum absolute atomic E-state index is 11.3. The van der Waals surface area contributed by atoms with E-state index in [1.54, 1.807) is 30.7 Å². The Labute approximate surface area is 144 Å². The second-order valence-corrected chi connectivity index (χ2v) is 6.48. The number of aromatic nitrogens is 2. The third-order valence-corrected chi connectivity index (χ3v) is 3.48. The Morgan fingerprint density at radius 3 is 1.88 bits per heavy atom. The van der Waals surface area contributed by atoms with Crippen molar-refractivity contribution in [2.75, 3.05) is 0 Å². The van der Waals surface area contributed by atoms with Crippen molar-refractivity contribution >= 4 is 11.6 Å². The molecule has 2 aromatic heterocycles. The second-order valence-electron chi connectivity index (χ2n) is 6.48. The molecule has 0 N–H and O–H groups in total. The minimum absolute atomic E-state index is 0.0494. The SMILES string of the molecule is CCC(=O)c1ccc(C(C)(C)C)nc1.CCC(=O)c1cccnc1. The number of pyridine rings is 2. The fourth-order valence-corrected chi connectivity index (χ4v) is 1.94. The molecule has 0 aliphatic carbocycles. The van der Waals surface area contributed by atoms with Crippen molar-refractivity contribution in [3.8, 4) is 0 Å². The monoisotopic (exact) mass is 326 g/mol. The van der Waals surface area contributed by atoms with Gasteiger partial charge in [-0.15, -0.1) is 0 Å². The molecule has 0 saturated carbocycles. The molecule has 2 rings (SSSR count). The van der Waals surface area contributed by atoms with Crippen molar-refractivity contribution in [3.63, 3.8) is 0 Å². The van der Waals surface area contributed by atoms with E-state index in [0.29, 0.717) is 24.0 Å². The van der Waals surface area contributed by atoms with Crippen LogP contribution in [0.1, 0.15) is 73.9 Å². The van der Waals surface area contributed by atoms with Crippen LogP contribution < -0.4 is 0 Å². The summed E-state index contributed by atoms with van der Waals surface area (Å²) in [5.41, 5.74) is 2.48. The molecule has 24 heavy (non-hydrogen) atoms. The lowest BCUT2D eigenvalue weighted by atomic mass is 9.91. The fourth-order valence-electron chi connectivity index (χ4n) is 1.94. The van der Waals surface area contributed by atoms with Gasteiger partial charge in [-0.05, 0) is 24.3 Å². The Balaban J connectivity index is 0.000000254. The van der Waals surface area contributed by atoms with Gasteiger partial charge in [-0.25, -0.2) is 0 Å². The van der Waals surface area contributed by atoms with E-state index in [1.807, 2.05) is 26.0 Å². The van der Waals surface area contributed by atoms with E-state index in [-0.39, 0.29) is 17.0 Å². The molecule has 128 valence electrons. The minimum atomic E-state index is 0.0494. The molecule has 2 aromatic rings. The smallest absolute Gasteiger partial charge is 0.164 e. The molecule has 2 heterocycles. The fraction of sp³-hybridized carbons (Fsp3) is 0.400. The van der Waals surface area contributed by atoms with Crippen LogP contribution in [0.15, 0.2) is 42.9 Å². The maximum Gasteiger partial charge on any atom is 0.164 e. The van der Waals surface area contributed by atoms with E-state index in [0.717, 1.165) is 5.69 Å². The predicted molar refractivity (Wildman–Crippen MR) is 96.4 cm³/mol. The first-order chi connectivity index (χ1) is 11.3. The highest BCUT2D eigenvalue weighted by atomic mass is 16.1. The number of hydrogen-bond donors (Lipinski definition) is 0. The summed E-state index contributed by atoms with van der Waals surface area (Å²) in [5, 5.41) is 0. The Bertz CT molecular complexity index is 656. The highest BCUT2D eigenvalue weighted by Gasteiger charge is 2.15. The predicted octanol–water partition coefficient (Wildman–Crippen LogP) is 4.65. The van der Waals surface area contributed by atoms with Gasteiger partial charge < -0.3 is 0 Å². The molecule has 4 nitrogen and oxygen atoms in total. The summed E-state index contributed by atoms with van der Waals surface area (Å²) in [7, 11) is 0. The Morgan fingerprint density at radius 2 is 1.50 bits per heavy atom. The van der Waals surface area contributed by atoms with Crippen LogP contribution in [0.25, 0.3) is 0 Å². The Morgan fingerprint density at radius 1 is 0.917 bits per heavy atom. The molecule has 0 atom stereocenters. The largest absolute Gasteiger partial charge is 0.294 e. The summed E-state index contributed by atoms with van der Waals surface area (Å²) in [6, 6.07) is 7.34. The Hall–Kier alpha value is -2.36. The number of hydrogen-bond acceptors (Lipinski definition) is 4. The molecule has 0 aromatic carbocycles. The van der Waals surface area contributed by atoms with Crippen LogP contribution in [0.4, 0.5) is 0 Å². The van der Waals surface area contributed by atoms with Crippen LogP contribution in [0.5, 0.6) is 0 Å². The van der Waals surface area contributed by atoms with Gasteiger partial charge in [0.25, 0.3) is 0 Å². The molecule has 0 aliphatic heterocycles. The van der Waals surface area contributed by atoms with Gasteiger partial charge in [0.15, 0.2) is 11.6 Å². The Kier molecular flexibility index (Phi) is 7.43.